The number of nitrogens with two attached hydrogens (primary N) is 1. The van der Waals surface area contributed by atoms with Crippen molar-refractivity contribution >= 4 is 5.91 Å². The van der Waals surface area contributed by atoms with Crippen LogP contribution in [0.1, 0.15) is 35.2 Å². The average Bonchev–Trinajstić information content (AvgIpc) is 2.52. The van der Waals surface area contributed by atoms with Crippen molar-refractivity contribution in [1.29, 1.82) is 0 Å². The zero-order valence-electron chi connectivity index (χ0n) is 12.1. The fourth-order valence-corrected chi connectivity index (χ4v) is 2.18. The highest BCUT2D eigenvalue weighted by molar-refractivity contribution is 5.93. The Morgan fingerprint density at radius 2 is 1.76 bits per heavy atom. The Hall–Kier alpha value is -2.29. The predicted molar refractivity (Wildman–Crippen MR) is 84.5 cm³/mol. The first-order valence-corrected chi connectivity index (χ1v) is 7.32. The third kappa shape index (κ3) is 5.30. The summed E-state index contributed by atoms with van der Waals surface area (Å²) < 4.78 is 5.64. The second-order valence-electron chi connectivity index (χ2n) is 5.04. The van der Waals surface area contributed by atoms with Gasteiger partial charge in [0.25, 0.3) is 0 Å². The number of carbonyl (C=O) groups is 1. The van der Waals surface area contributed by atoms with Gasteiger partial charge in [-0.05, 0) is 49.4 Å². The van der Waals surface area contributed by atoms with Gasteiger partial charge in [0, 0.05) is 5.56 Å². The monoisotopic (exact) mass is 283 g/mol. The van der Waals surface area contributed by atoms with Crippen LogP contribution in [-0.4, -0.2) is 12.5 Å². The normalized spacial score (nSPS) is 10.3. The Bertz CT molecular complexity index is 566. The highest BCUT2D eigenvalue weighted by Crippen LogP contribution is 2.14. The molecule has 2 aromatic rings. The molecule has 0 saturated heterocycles. The minimum absolute atomic E-state index is 0.427. The number of rotatable bonds is 8. The van der Waals surface area contributed by atoms with Crippen molar-refractivity contribution in [3.63, 3.8) is 0 Å². The molecule has 0 aliphatic heterocycles. The van der Waals surface area contributed by atoms with Gasteiger partial charge >= 0.3 is 0 Å². The summed E-state index contributed by atoms with van der Waals surface area (Å²) in [5, 5.41) is 0. The Labute approximate surface area is 125 Å². The Morgan fingerprint density at radius 3 is 2.52 bits per heavy atom. The van der Waals surface area contributed by atoms with Crippen LogP contribution in [-0.2, 0) is 6.42 Å². The molecule has 0 aliphatic carbocycles. The number of ether oxygens (including phenoxy) is 1. The van der Waals surface area contributed by atoms with Gasteiger partial charge in [-0.15, -0.1) is 0 Å². The fraction of sp³-hybridized carbons (Fsp3) is 0.278. The molecule has 3 heteroatoms. The lowest BCUT2D eigenvalue weighted by atomic mass is 10.1. The highest BCUT2D eigenvalue weighted by Gasteiger charge is 2.01. The number of hydrogen-bond acceptors (Lipinski definition) is 2. The molecule has 2 N–H and O–H groups in total. The second-order valence-corrected chi connectivity index (χ2v) is 5.04. The van der Waals surface area contributed by atoms with Crippen LogP contribution in [0.4, 0.5) is 0 Å². The maximum absolute atomic E-state index is 11.1. The quantitative estimate of drug-likeness (QED) is 0.753. The van der Waals surface area contributed by atoms with E-state index in [1.165, 1.54) is 5.56 Å². The van der Waals surface area contributed by atoms with Gasteiger partial charge in [-0.3, -0.25) is 4.79 Å². The van der Waals surface area contributed by atoms with Gasteiger partial charge < -0.3 is 10.5 Å². The highest BCUT2D eigenvalue weighted by atomic mass is 16.5. The summed E-state index contributed by atoms with van der Waals surface area (Å²) in [6.07, 6.45) is 4.41. The zero-order chi connectivity index (χ0) is 14.9. The van der Waals surface area contributed by atoms with Crippen molar-refractivity contribution in [3.05, 3.63) is 65.7 Å². The van der Waals surface area contributed by atoms with Gasteiger partial charge in [0.05, 0.1) is 6.61 Å². The van der Waals surface area contributed by atoms with E-state index in [0.717, 1.165) is 25.7 Å². The van der Waals surface area contributed by atoms with Crippen LogP contribution < -0.4 is 10.5 Å². The van der Waals surface area contributed by atoms with Crippen LogP contribution in [0.5, 0.6) is 5.75 Å². The Balaban J connectivity index is 1.64. The van der Waals surface area contributed by atoms with Crippen LogP contribution in [0.2, 0.25) is 0 Å². The fourth-order valence-electron chi connectivity index (χ4n) is 2.18. The molecule has 0 aromatic heterocycles. The molecule has 3 nitrogen and oxygen atoms in total. The first-order valence-electron chi connectivity index (χ1n) is 7.32. The average molecular weight is 283 g/mol. The number of amides is 1. The van der Waals surface area contributed by atoms with Crippen LogP contribution in [0.3, 0.4) is 0 Å². The molecule has 2 rings (SSSR count). The zero-order valence-corrected chi connectivity index (χ0v) is 12.1. The van der Waals surface area contributed by atoms with Gasteiger partial charge in [0.15, 0.2) is 0 Å². The molecule has 0 unspecified atom stereocenters. The van der Waals surface area contributed by atoms with Gasteiger partial charge in [0.2, 0.25) is 5.91 Å². The minimum Gasteiger partial charge on any atom is -0.494 e. The van der Waals surface area contributed by atoms with E-state index < -0.39 is 5.91 Å². The van der Waals surface area contributed by atoms with Crippen molar-refractivity contribution in [2.45, 2.75) is 25.7 Å². The minimum atomic E-state index is -0.427. The van der Waals surface area contributed by atoms with E-state index in [1.807, 2.05) is 12.1 Å². The third-order valence-corrected chi connectivity index (χ3v) is 3.34. The van der Waals surface area contributed by atoms with Gasteiger partial charge in [-0.1, -0.05) is 36.4 Å². The van der Waals surface area contributed by atoms with Crippen LogP contribution in [0.25, 0.3) is 0 Å². The molecule has 0 fully saturated rings. The summed E-state index contributed by atoms with van der Waals surface area (Å²) >= 11 is 0. The maximum atomic E-state index is 11.1. The van der Waals surface area contributed by atoms with Crippen molar-refractivity contribution < 1.29 is 9.53 Å². The summed E-state index contributed by atoms with van der Waals surface area (Å²) in [5.41, 5.74) is 7.10. The van der Waals surface area contributed by atoms with Crippen molar-refractivity contribution in [1.82, 2.24) is 0 Å². The molecular formula is C18H21NO2. The molecule has 0 saturated carbocycles. The van der Waals surface area contributed by atoms with E-state index in [2.05, 4.69) is 24.3 Å². The van der Waals surface area contributed by atoms with Crippen molar-refractivity contribution in [2.24, 2.45) is 5.73 Å². The number of hydrogen-bond donors (Lipinski definition) is 1. The lowest BCUT2D eigenvalue weighted by Gasteiger charge is -2.07. The lowest BCUT2D eigenvalue weighted by Crippen LogP contribution is -2.10. The smallest absolute Gasteiger partial charge is 0.248 e. The summed E-state index contributed by atoms with van der Waals surface area (Å²) in [6.45, 7) is 0.664. The molecule has 0 aliphatic rings. The maximum Gasteiger partial charge on any atom is 0.248 e. The number of aryl methyl sites for hydroxylation is 1. The molecular weight excluding hydrogens is 262 g/mol. The predicted octanol–water partition coefficient (Wildman–Crippen LogP) is 3.58. The molecule has 0 radical (unpaired) electrons. The number of benzene rings is 2. The Kier molecular flexibility index (Phi) is 5.83. The molecule has 0 heterocycles. The van der Waals surface area contributed by atoms with Gasteiger partial charge in [-0.2, -0.15) is 0 Å². The standard InChI is InChI=1S/C18H21NO2/c19-18(20)16-11-7-12-17(14-16)21-13-6-2-5-10-15-8-3-1-4-9-15/h1,3-4,7-9,11-12,14H,2,5-6,10,13H2,(H2,19,20). The topological polar surface area (TPSA) is 52.3 Å². The number of unbranched alkanes of at least 4 members (excludes halogenated alkanes) is 2. The van der Waals surface area contributed by atoms with Crippen LogP contribution >= 0.6 is 0 Å². The van der Waals surface area contributed by atoms with Crippen LogP contribution in [0.15, 0.2) is 54.6 Å². The first kappa shape index (κ1) is 15.1. The second kappa shape index (κ2) is 8.10. The summed E-state index contributed by atoms with van der Waals surface area (Å²) in [5.74, 6) is 0.276. The van der Waals surface area contributed by atoms with Crippen molar-refractivity contribution in [3.8, 4) is 5.75 Å². The van der Waals surface area contributed by atoms with E-state index >= 15 is 0 Å². The van der Waals surface area contributed by atoms with Crippen LogP contribution in [0, 0.1) is 0 Å². The first-order chi connectivity index (χ1) is 10.3. The van der Waals surface area contributed by atoms with Gasteiger partial charge in [0.1, 0.15) is 5.75 Å². The van der Waals surface area contributed by atoms with E-state index in [-0.39, 0.29) is 0 Å². The molecule has 1 amide bonds. The number of carbonyl (C=O) groups excluding carboxylic acids is 1. The van der Waals surface area contributed by atoms with E-state index in [4.69, 9.17) is 10.5 Å². The molecule has 0 spiro atoms. The van der Waals surface area contributed by atoms with Crippen molar-refractivity contribution in [2.75, 3.05) is 6.61 Å². The molecule has 2 aromatic carbocycles. The lowest BCUT2D eigenvalue weighted by molar-refractivity contribution is 0.1000. The molecule has 0 atom stereocenters. The molecule has 110 valence electrons. The molecule has 0 bridgehead atoms. The van der Waals surface area contributed by atoms with E-state index in [0.29, 0.717) is 17.9 Å². The van der Waals surface area contributed by atoms with E-state index in [9.17, 15) is 4.79 Å². The SMILES string of the molecule is NC(=O)c1cccc(OCCCCCc2ccccc2)c1. The van der Waals surface area contributed by atoms with E-state index in [1.54, 1.807) is 18.2 Å². The number of primary amides is 1. The third-order valence-electron chi connectivity index (χ3n) is 3.34. The summed E-state index contributed by atoms with van der Waals surface area (Å²) in [7, 11) is 0. The van der Waals surface area contributed by atoms with Gasteiger partial charge in [-0.25, -0.2) is 0 Å². The summed E-state index contributed by atoms with van der Waals surface area (Å²) in [4.78, 5) is 11.1. The Morgan fingerprint density at radius 1 is 0.952 bits per heavy atom. The molecule has 21 heavy (non-hydrogen) atoms. The summed E-state index contributed by atoms with van der Waals surface area (Å²) in [6, 6.07) is 17.5. The largest absolute Gasteiger partial charge is 0.494 e.